The van der Waals surface area contributed by atoms with Crippen LogP contribution in [0, 0.1) is 11.8 Å². The van der Waals surface area contributed by atoms with Crippen molar-refractivity contribution in [2.45, 2.75) is 77.2 Å². The molecule has 0 spiro atoms. The number of nitrogens with zero attached hydrogens (tertiary/aromatic N) is 2. The summed E-state index contributed by atoms with van der Waals surface area (Å²) >= 11 is 0. The van der Waals surface area contributed by atoms with E-state index in [2.05, 4.69) is 18.8 Å². The topological polar surface area (TPSA) is 66.6 Å². The molecule has 0 bridgehead atoms. The van der Waals surface area contributed by atoms with E-state index < -0.39 is 0 Å². The highest BCUT2D eigenvalue weighted by molar-refractivity contribution is 5.97. The first kappa shape index (κ1) is 20.4. The number of hydrogen-bond donors (Lipinski definition) is 1. The third-order valence-electron chi connectivity index (χ3n) is 6.69. The molecule has 1 aromatic carbocycles. The van der Waals surface area contributed by atoms with Gasteiger partial charge < -0.3 is 14.4 Å². The lowest BCUT2D eigenvalue weighted by atomic mass is 9.87. The van der Waals surface area contributed by atoms with Crippen molar-refractivity contribution >= 4 is 17.0 Å². The third kappa shape index (κ3) is 4.66. The number of fused-ring (bicyclic) bond motifs is 1. The number of amides is 1. The molecule has 1 aliphatic carbocycles. The van der Waals surface area contributed by atoms with Crippen LogP contribution in [0.1, 0.15) is 87.4 Å². The van der Waals surface area contributed by atoms with Crippen molar-refractivity contribution in [1.29, 1.82) is 0 Å². The molecule has 5 heteroatoms. The van der Waals surface area contributed by atoms with Gasteiger partial charge in [0.15, 0.2) is 11.5 Å². The number of rotatable bonds is 5. The van der Waals surface area contributed by atoms with Gasteiger partial charge in [-0.2, -0.15) is 0 Å². The first-order valence-corrected chi connectivity index (χ1v) is 11.4. The van der Waals surface area contributed by atoms with Crippen LogP contribution in [0.2, 0.25) is 0 Å². The van der Waals surface area contributed by atoms with Crippen LogP contribution < -0.4 is 0 Å². The molecule has 1 atom stereocenters. The molecular weight excluding hydrogens is 364 g/mol. The van der Waals surface area contributed by atoms with Crippen LogP contribution in [-0.4, -0.2) is 40.1 Å². The van der Waals surface area contributed by atoms with Crippen molar-refractivity contribution < 1.29 is 14.3 Å². The van der Waals surface area contributed by atoms with Crippen LogP contribution in [0.15, 0.2) is 22.6 Å². The van der Waals surface area contributed by atoms with Crippen LogP contribution >= 0.6 is 0 Å². The van der Waals surface area contributed by atoms with E-state index in [0.29, 0.717) is 36.4 Å². The zero-order valence-corrected chi connectivity index (χ0v) is 17.8. The predicted molar refractivity (Wildman–Crippen MR) is 114 cm³/mol. The van der Waals surface area contributed by atoms with E-state index in [9.17, 15) is 9.90 Å². The summed E-state index contributed by atoms with van der Waals surface area (Å²) in [7, 11) is 0. The maximum absolute atomic E-state index is 13.0. The van der Waals surface area contributed by atoms with E-state index in [1.165, 1.54) is 19.3 Å². The number of aromatic nitrogens is 1. The van der Waals surface area contributed by atoms with Gasteiger partial charge in [-0.15, -0.1) is 0 Å². The molecule has 2 aromatic rings. The number of hydrogen-bond acceptors (Lipinski definition) is 4. The molecule has 1 N–H and O–H groups in total. The van der Waals surface area contributed by atoms with Gasteiger partial charge in [0.1, 0.15) is 5.52 Å². The third-order valence-corrected chi connectivity index (χ3v) is 6.69. The Morgan fingerprint density at radius 3 is 2.59 bits per heavy atom. The fraction of sp³-hybridized carbons (Fsp3) is 0.667. The molecule has 158 valence electrons. The maximum Gasteiger partial charge on any atom is 0.253 e. The second kappa shape index (κ2) is 8.86. The number of aliphatic hydroxyl groups excluding tert-OH is 1. The maximum atomic E-state index is 13.0. The summed E-state index contributed by atoms with van der Waals surface area (Å²) in [6.07, 6.45) is 8.42. The summed E-state index contributed by atoms with van der Waals surface area (Å²) < 4.78 is 6.06. The number of likely N-dealkylation sites (tertiary alicyclic amines) is 1. The minimum Gasteiger partial charge on any atom is -0.440 e. The average Bonchev–Trinajstić information content (AvgIpc) is 3.17. The van der Waals surface area contributed by atoms with E-state index in [1.54, 1.807) is 0 Å². The lowest BCUT2D eigenvalue weighted by Gasteiger charge is -2.34. The molecule has 5 nitrogen and oxygen atoms in total. The minimum absolute atomic E-state index is 0.0549. The van der Waals surface area contributed by atoms with E-state index >= 15 is 0 Å². The second-order valence-corrected chi connectivity index (χ2v) is 9.40. The smallest absolute Gasteiger partial charge is 0.253 e. The molecule has 1 saturated carbocycles. The van der Waals surface area contributed by atoms with Crippen LogP contribution in [0.5, 0.6) is 0 Å². The highest BCUT2D eigenvalue weighted by Crippen LogP contribution is 2.34. The Kier molecular flexibility index (Phi) is 6.23. The molecule has 2 fully saturated rings. The number of carbonyl (C=O) groups is 1. The molecule has 2 aliphatic rings. The van der Waals surface area contributed by atoms with Crippen molar-refractivity contribution in [2.24, 2.45) is 11.8 Å². The van der Waals surface area contributed by atoms with Gasteiger partial charge in [-0.1, -0.05) is 33.1 Å². The summed E-state index contributed by atoms with van der Waals surface area (Å²) in [5.74, 6) is 2.11. The molecule has 0 unspecified atom stereocenters. The SMILES string of the molecule is CC(C)C[C@@H](O)C1CCN(C(=O)c2ccc3nc(C4CCCCC4)oc3c2)CC1. The van der Waals surface area contributed by atoms with Crippen LogP contribution in [0.25, 0.3) is 11.1 Å². The summed E-state index contributed by atoms with van der Waals surface area (Å²) in [4.78, 5) is 19.6. The summed E-state index contributed by atoms with van der Waals surface area (Å²) in [6.45, 7) is 5.70. The summed E-state index contributed by atoms with van der Waals surface area (Å²) in [5.41, 5.74) is 2.24. The Morgan fingerprint density at radius 2 is 1.90 bits per heavy atom. The molecule has 1 aromatic heterocycles. The van der Waals surface area contributed by atoms with Crippen LogP contribution in [-0.2, 0) is 0 Å². The van der Waals surface area contributed by atoms with Gasteiger partial charge in [0.2, 0.25) is 0 Å². The highest BCUT2D eigenvalue weighted by Gasteiger charge is 2.28. The number of carbonyl (C=O) groups excluding carboxylic acids is 1. The zero-order valence-electron chi connectivity index (χ0n) is 17.8. The van der Waals surface area contributed by atoms with Gasteiger partial charge >= 0.3 is 0 Å². The van der Waals surface area contributed by atoms with Crippen LogP contribution in [0.3, 0.4) is 0 Å². The van der Waals surface area contributed by atoms with Gasteiger partial charge in [0.05, 0.1) is 6.10 Å². The average molecular weight is 399 g/mol. The lowest BCUT2D eigenvalue weighted by molar-refractivity contribution is 0.0385. The second-order valence-electron chi connectivity index (χ2n) is 9.40. The van der Waals surface area contributed by atoms with Gasteiger partial charge in [-0.3, -0.25) is 4.79 Å². The van der Waals surface area contributed by atoms with E-state index in [1.807, 2.05) is 23.1 Å². The quantitative estimate of drug-likeness (QED) is 0.758. The molecule has 2 heterocycles. The van der Waals surface area contributed by atoms with Gasteiger partial charge in [-0.05, 0) is 62.1 Å². The predicted octanol–water partition coefficient (Wildman–Crippen LogP) is 5.13. The Labute approximate surface area is 173 Å². The molecule has 1 saturated heterocycles. The largest absolute Gasteiger partial charge is 0.440 e. The van der Waals surface area contributed by atoms with Gasteiger partial charge in [-0.25, -0.2) is 4.98 Å². The van der Waals surface area contributed by atoms with Crippen molar-refractivity contribution in [1.82, 2.24) is 9.88 Å². The van der Waals surface area contributed by atoms with Gasteiger partial charge in [0.25, 0.3) is 5.91 Å². The highest BCUT2D eigenvalue weighted by atomic mass is 16.3. The molecule has 4 rings (SSSR count). The zero-order chi connectivity index (χ0) is 20.4. The Bertz CT molecular complexity index is 830. The number of aliphatic hydroxyl groups is 1. The standard InChI is InChI=1S/C24H34N2O3/c1-16(2)14-21(27)17-10-12-26(13-11-17)24(28)19-8-9-20-22(15-19)29-23(25-20)18-6-4-3-5-7-18/h8-9,15-18,21,27H,3-7,10-14H2,1-2H3/t21-/m1/s1. The minimum atomic E-state index is -0.254. The normalized spacial score (nSPS) is 20.5. The molecular formula is C24H34N2O3. The lowest BCUT2D eigenvalue weighted by Crippen LogP contribution is -2.41. The van der Waals surface area contributed by atoms with Crippen LogP contribution in [0.4, 0.5) is 0 Å². The summed E-state index contributed by atoms with van der Waals surface area (Å²) in [5, 5.41) is 10.4. The van der Waals surface area contributed by atoms with E-state index in [4.69, 9.17) is 4.42 Å². The van der Waals surface area contributed by atoms with E-state index in [-0.39, 0.29) is 12.0 Å². The fourth-order valence-corrected chi connectivity index (χ4v) is 4.94. The van der Waals surface area contributed by atoms with Gasteiger partial charge in [0, 0.05) is 24.6 Å². The Balaban J connectivity index is 1.41. The first-order valence-electron chi connectivity index (χ1n) is 11.4. The van der Waals surface area contributed by atoms with Crippen molar-refractivity contribution in [2.75, 3.05) is 13.1 Å². The molecule has 0 radical (unpaired) electrons. The Morgan fingerprint density at radius 1 is 1.17 bits per heavy atom. The van der Waals surface area contributed by atoms with Crippen molar-refractivity contribution in [3.63, 3.8) is 0 Å². The fourth-order valence-electron chi connectivity index (χ4n) is 4.94. The first-order chi connectivity index (χ1) is 14.0. The van der Waals surface area contributed by atoms with Crippen molar-refractivity contribution in [3.05, 3.63) is 29.7 Å². The number of piperidine rings is 1. The van der Waals surface area contributed by atoms with Crippen molar-refractivity contribution in [3.8, 4) is 0 Å². The summed E-state index contributed by atoms with van der Waals surface area (Å²) in [6, 6.07) is 5.64. The number of oxazole rings is 1. The molecule has 29 heavy (non-hydrogen) atoms. The molecule has 1 amide bonds. The van der Waals surface area contributed by atoms with E-state index in [0.717, 1.165) is 49.1 Å². The Hall–Kier alpha value is -1.88. The number of benzene rings is 1. The monoisotopic (exact) mass is 398 g/mol. The molecule has 1 aliphatic heterocycles.